The number of anilines is 1. The highest BCUT2D eigenvalue weighted by atomic mass is 35.5. The average Bonchev–Trinajstić information content (AvgIpc) is 2.74. The second-order valence-electron chi connectivity index (χ2n) is 5.89. The van der Waals surface area contributed by atoms with Gasteiger partial charge in [0.1, 0.15) is 10.4 Å². The monoisotopic (exact) mass is 330 g/mol. The van der Waals surface area contributed by atoms with Crippen molar-refractivity contribution in [1.82, 2.24) is 15.1 Å². The summed E-state index contributed by atoms with van der Waals surface area (Å²) in [6.07, 6.45) is 4.37. The lowest BCUT2D eigenvalue weighted by atomic mass is 10.1. The van der Waals surface area contributed by atoms with Crippen LogP contribution in [0.3, 0.4) is 0 Å². The van der Waals surface area contributed by atoms with Crippen LogP contribution in [0.1, 0.15) is 19.8 Å². The molecule has 0 radical (unpaired) electrons. The first kappa shape index (κ1) is 14.7. The quantitative estimate of drug-likeness (QED) is 0.847. The summed E-state index contributed by atoms with van der Waals surface area (Å²) in [6, 6.07) is -0.528. The molecule has 114 valence electrons. The summed E-state index contributed by atoms with van der Waals surface area (Å²) in [5, 5.41) is 6.82. The van der Waals surface area contributed by atoms with Crippen LogP contribution in [0.5, 0.6) is 0 Å². The number of aromatic nitrogens is 2. The van der Waals surface area contributed by atoms with E-state index in [1.807, 2.05) is 0 Å². The molecule has 1 aliphatic heterocycles. The molecule has 1 aromatic heterocycles. The van der Waals surface area contributed by atoms with Crippen LogP contribution in [0.15, 0.2) is 12.4 Å². The topological polar surface area (TPSA) is 67.2 Å². The minimum atomic E-state index is -1.03. The number of amides is 2. The van der Waals surface area contributed by atoms with E-state index < -0.39 is 15.8 Å². The van der Waals surface area contributed by atoms with E-state index in [4.69, 9.17) is 23.2 Å². The highest BCUT2D eigenvalue weighted by molar-refractivity contribution is 6.53. The van der Waals surface area contributed by atoms with Gasteiger partial charge >= 0.3 is 0 Å². The Balaban J connectivity index is 1.66. The van der Waals surface area contributed by atoms with Gasteiger partial charge < -0.3 is 10.2 Å². The summed E-state index contributed by atoms with van der Waals surface area (Å²) in [4.78, 5) is 26.2. The van der Waals surface area contributed by atoms with Gasteiger partial charge in [0.15, 0.2) is 0 Å². The van der Waals surface area contributed by atoms with Gasteiger partial charge in [-0.15, -0.1) is 23.2 Å². The van der Waals surface area contributed by atoms with Crippen LogP contribution in [0.25, 0.3) is 0 Å². The van der Waals surface area contributed by atoms with Gasteiger partial charge in [0.05, 0.1) is 17.3 Å². The van der Waals surface area contributed by atoms with Crippen molar-refractivity contribution in [2.24, 2.45) is 12.5 Å². The molecule has 2 atom stereocenters. The van der Waals surface area contributed by atoms with E-state index in [1.165, 1.54) is 0 Å². The van der Waals surface area contributed by atoms with E-state index in [9.17, 15) is 9.59 Å². The number of hydrogen-bond donors (Lipinski definition) is 1. The predicted octanol–water partition coefficient (Wildman–Crippen LogP) is 1.23. The van der Waals surface area contributed by atoms with E-state index in [0.717, 1.165) is 5.69 Å². The van der Waals surface area contributed by atoms with Crippen LogP contribution in [-0.4, -0.2) is 38.5 Å². The second-order valence-corrected chi connectivity index (χ2v) is 7.37. The van der Waals surface area contributed by atoms with Gasteiger partial charge in [-0.05, 0) is 19.8 Å². The van der Waals surface area contributed by atoms with Crippen LogP contribution in [0, 0.1) is 5.41 Å². The first-order valence-electron chi connectivity index (χ1n) is 6.73. The van der Waals surface area contributed by atoms with Crippen LogP contribution in [0.4, 0.5) is 5.69 Å². The van der Waals surface area contributed by atoms with Crippen molar-refractivity contribution in [3.8, 4) is 0 Å². The SMILES string of the molecule is Cn1cc(N2CC[C@H](NC(=O)[C@]3(C)CC3(Cl)Cl)C2=O)cn1. The van der Waals surface area contributed by atoms with Gasteiger partial charge in [-0.25, -0.2) is 0 Å². The Hall–Kier alpha value is -1.27. The van der Waals surface area contributed by atoms with Crippen molar-refractivity contribution >= 4 is 40.7 Å². The van der Waals surface area contributed by atoms with Crippen molar-refractivity contribution in [3.63, 3.8) is 0 Å². The fourth-order valence-electron chi connectivity index (χ4n) is 2.58. The predicted molar refractivity (Wildman–Crippen MR) is 79.3 cm³/mol. The molecule has 2 heterocycles. The van der Waals surface area contributed by atoms with Gasteiger partial charge in [0.25, 0.3) is 0 Å². The highest BCUT2D eigenvalue weighted by Crippen LogP contribution is 2.63. The third kappa shape index (κ3) is 2.30. The third-order valence-electron chi connectivity index (χ3n) is 4.27. The number of aryl methyl sites for hydroxylation is 1. The molecule has 6 nitrogen and oxygen atoms in total. The average molecular weight is 331 g/mol. The second kappa shape index (κ2) is 4.61. The highest BCUT2D eigenvalue weighted by Gasteiger charge is 2.68. The zero-order valence-electron chi connectivity index (χ0n) is 11.8. The van der Waals surface area contributed by atoms with Gasteiger partial charge in [0.2, 0.25) is 11.8 Å². The maximum atomic E-state index is 12.4. The Morgan fingerprint density at radius 2 is 2.19 bits per heavy atom. The molecule has 1 aromatic rings. The Bertz CT molecular complexity index is 615. The number of carbonyl (C=O) groups excluding carboxylic acids is 2. The fourth-order valence-corrected chi connectivity index (χ4v) is 3.29. The van der Waals surface area contributed by atoms with Crippen molar-refractivity contribution in [1.29, 1.82) is 0 Å². The van der Waals surface area contributed by atoms with Crippen LogP contribution < -0.4 is 10.2 Å². The van der Waals surface area contributed by atoms with Gasteiger partial charge in [-0.2, -0.15) is 5.10 Å². The number of nitrogens with zero attached hydrogens (tertiary/aromatic N) is 3. The van der Waals surface area contributed by atoms with Crippen molar-refractivity contribution in [2.75, 3.05) is 11.4 Å². The zero-order chi connectivity index (χ0) is 15.4. The molecular formula is C13H16Cl2N4O2. The maximum absolute atomic E-state index is 12.4. The third-order valence-corrected chi connectivity index (χ3v) is 5.37. The number of carbonyl (C=O) groups is 2. The van der Waals surface area contributed by atoms with E-state index in [0.29, 0.717) is 19.4 Å². The number of halogens is 2. The molecule has 0 bridgehead atoms. The van der Waals surface area contributed by atoms with Crippen molar-refractivity contribution in [3.05, 3.63) is 12.4 Å². The number of rotatable bonds is 3. The zero-order valence-corrected chi connectivity index (χ0v) is 13.3. The lowest BCUT2D eigenvalue weighted by Crippen LogP contribution is -2.45. The lowest BCUT2D eigenvalue weighted by Gasteiger charge is -2.18. The minimum Gasteiger partial charge on any atom is -0.344 e. The van der Waals surface area contributed by atoms with E-state index >= 15 is 0 Å². The maximum Gasteiger partial charge on any atom is 0.249 e. The van der Waals surface area contributed by atoms with Gasteiger partial charge in [-0.3, -0.25) is 14.3 Å². The molecule has 1 saturated heterocycles. The molecule has 1 saturated carbocycles. The van der Waals surface area contributed by atoms with E-state index in [-0.39, 0.29) is 11.8 Å². The number of hydrogen-bond acceptors (Lipinski definition) is 3. The Labute approximate surface area is 132 Å². The summed E-state index contributed by atoms with van der Waals surface area (Å²) in [6.45, 7) is 2.26. The number of alkyl halides is 2. The summed E-state index contributed by atoms with van der Waals surface area (Å²) in [5.41, 5.74) is -0.0705. The molecule has 21 heavy (non-hydrogen) atoms. The Morgan fingerprint density at radius 3 is 2.71 bits per heavy atom. The standard InChI is InChI=1S/C13H16Cl2N4O2/c1-12(7-13(12,14)15)11(21)17-9-3-4-19(10(9)20)8-5-16-18(2)6-8/h5-6,9H,3-4,7H2,1-2H3,(H,17,21)/t9-,12-/m0/s1. The molecule has 0 spiro atoms. The van der Waals surface area contributed by atoms with Crippen LogP contribution in [-0.2, 0) is 16.6 Å². The van der Waals surface area contributed by atoms with Crippen LogP contribution in [0.2, 0.25) is 0 Å². The normalized spacial score (nSPS) is 30.6. The largest absolute Gasteiger partial charge is 0.344 e. The van der Waals surface area contributed by atoms with Crippen molar-refractivity contribution in [2.45, 2.75) is 30.1 Å². The minimum absolute atomic E-state index is 0.129. The molecule has 0 unspecified atom stereocenters. The summed E-state index contributed by atoms with van der Waals surface area (Å²) in [7, 11) is 1.79. The van der Waals surface area contributed by atoms with E-state index in [2.05, 4.69) is 10.4 Å². The fraction of sp³-hybridized carbons (Fsp3) is 0.615. The molecule has 0 aromatic carbocycles. The molecule has 1 aliphatic carbocycles. The number of nitrogens with one attached hydrogen (secondary N) is 1. The van der Waals surface area contributed by atoms with E-state index in [1.54, 1.807) is 35.9 Å². The summed E-state index contributed by atoms with van der Waals surface area (Å²) in [5.74, 6) is -0.394. The first-order valence-corrected chi connectivity index (χ1v) is 7.49. The summed E-state index contributed by atoms with van der Waals surface area (Å²) >= 11 is 12.0. The lowest BCUT2D eigenvalue weighted by molar-refractivity contribution is -0.129. The molecular weight excluding hydrogens is 315 g/mol. The molecule has 2 fully saturated rings. The Morgan fingerprint density at radius 1 is 1.52 bits per heavy atom. The molecule has 2 aliphatic rings. The van der Waals surface area contributed by atoms with Gasteiger partial charge in [-0.1, -0.05) is 0 Å². The molecule has 2 amide bonds. The van der Waals surface area contributed by atoms with Crippen molar-refractivity contribution < 1.29 is 9.59 Å². The summed E-state index contributed by atoms with van der Waals surface area (Å²) < 4.78 is 0.608. The van der Waals surface area contributed by atoms with Crippen LogP contribution >= 0.6 is 23.2 Å². The first-order chi connectivity index (χ1) is 9.74. The van der Waals surface area contributed by atoms with Gasteiger partial charge in [0, 0.05) is 19.8 Å². The smallest absolute Gasteiger partial charge is 0.249 e. The molecule has 1 N–H and O–H groups in total. The molecule has 8 heteroatoms. The Kier molecular flexibility index (Phi) is 3.22. The molecule has 3 rings (SSSR count).